The van der Waals surface area contributed by atoms with Crippen molar-refractivity contribution >= 4 is 11.9 Å². The molecule has 0 radical (unpaired) electrons. The smallest absolute Gasteiger partial charge is 0.308 e. The highest BCUT2D eigenvalue weighted by atomic mass is 16.4. The third-order valence-corrected chi connectivity index (χ3v) is 3.96. The summed E-state index contributed by atoms with van der Waals surface area (Å²) < 4.78 is 0. The number of benzene rings is 1. The van der Waals surface area contributed by atoms with Gasteiger partial charge < -0.3 is 10.4 Å². The van der Waals surface area contributed by atoms with Crippen LogP contribution in [0.1, 0.15) is 37.3 Å². The molecule has 0 aliphatic heterocycles. The Kier molecular flexibility index (Phi) is 3.88. The molecule has 3 unspecified atom stereocenters. The molecule has 1 aliphatic carbocycles. The topological polar surface area (TPSA) is 66.4 Å². The number of carbonyl (C=O) groups excluding carboxylic acids is 1. The third kappa shape index (κ3) is 2.78. The van der Waals surface area contributed by atoms with Gasteiger partial charge in [0.05, 0.1) is 11.8 Å². The van der Waals surface area contributed by atoms with Gasteiger partial charge in [-0.2, -0.15) is 0 Å². The average molecular weight is 261 g/mol. The van der Waals surface area contributed by atoms with Gasteiger partial charge in [-0.15, -0.1) is 0 Å². The molecule has 1 aromatic carbocycles. The number of hydrogen-bond donors (Lipinski definition) is 2. The molecule has 0 saturated heterocycles. The van der Waals surface area contributed by atoms with E-state index in [2.05, 4.69) is 5.32 Å². The molecule has 19 heavy (non-hydrogen) atoms. The lowest BCUT2D eigenvalue weighted by Crippen LogP contribution is -2.41. The molecule has 1 aromatic rings. The second-order valence-corrected chi connectivity index (χ2v) is 5.21. The van der Waals surface area contributed by atoms with E-state index in [1.54, 1.807) is 13.8 Å². The maximum atomic E-state index is 12.2. The minimum Gasteiger partial charge on any atom is -0.481 e. The van der Waals surface area contributed by atoms with Crippen LogP contribution >= 0.6 is 0 Å². The molecule has 4 nitrogen and oxygen atoms in total. The average Bonchev–Trinajstić information content (AvgIpc) is 2.81. The molecule has 4 heteroatoms. The zero-order valence-electron chi connectivity index (χ0n) is 11.2. The van der Waals surface area contributed by atoms with Gasteiger partial charge in [0, 0.05) is 6.04 Å². The second-order valence-electron chi connectivity index (χ2n) is 5.21. The highest BCUT2D eigenvalue weighted by Crippen LogP contribution is 2.33. The van der Waals surface area contributed by atoms with E-state index in [0.29, 0.717) is 0 Å². The minimum atomic E-state index is -0.889. The Bertz CT molecular complexity index is 498. The summed E-state index contributed by atoms with van der Waals surface area (Å²) in [7, 11) is 0. The van der Waals surface area contributed by atoms with E-state index in [1.165, 1.54) is 5.56 Å². The van der Waals surface area contributed by atoms with Gasteiger partial charge in [-0.3, -0.25) is 9.59 Å². The van der Waals surface area contributed by atoms with Crippen LogP contribution in [0.2, 0.25) is 0 Å². The van der Waals surface area contributed by atoms with Crippen LogP contribution in [0.5, 0.6) is 0 Å². The van der Waals surface area contributed by atoms with Crippen molar-refractivity contribution in [1.29, 1.82) is 0 Å². The van der Waals surface area contributed by atoms with Crippen LogP contribution in [0.25, 0.3) is 0 Å². The zero-order chi connectivity index (χ0) is 14.0. The molecule has 0 aromatic heterocycles. The van der Waals surface area contributed by atoms with Crippen LogP contribution < -0.4 is 5.32 Å². The van der Waals surface area contributed by atoms with Crippen molar-refractivity contribution in [2.45, 2.75) is 38.6 Å². The van der Waals surface area contributed by atoms with Gasteiger partial charge in [0.25, 0.3) is 0 Å². The van der Waals surface area contributed by atoms with E-state index >= 15 is 0 Å². The van der Waals surface area contributed by atoms with E-state index in [-0.39, 0.29) is 17.9 Å². The standard InChI is InChI=1S/C15H19NO3/c1-9(15(18)19)10(2)16-14(17)13-8-7-11-5-3-4-6-12(11)13/h3-6,9-10,13H,7-8H2,1-2H3,(H,16,17)(H,18,19). The van der Waals surface area contributed by atoms with Crippen molar-refractivity contribution in [2.24, 2.45) is 5.92 Å². The molecule has 3 atom stereocenters. The SMILES string of the molecule is CC(NC(=O)C1CCc2ccccc21)C(C)C(=O)O. The minimum absolute atomic E-state index is 0.0643. The molecular formula is C15H19NO3. The number of nitrogens with one attached hydrogen (secondary N) is 1. The first-order valence-electron chi connectivity index (χ1n) is 6.61. The van der Waals surface area contributed by atoms with Crippen molar-refractivity contribution in [1.82, 2.24) is 5.32 Å². The number of hydrogen-bond acceptors (Lipinski definition) is 2. The lowest BCUT2D eigenvalue weighted by Gasteiger charge is -2.20. The van der Waals surface area contributed by atoms with Crippen LogP contribution in [-0.2, 0) is 16.0 Å². The number of fused-ring (bicyclic) bond motifs is 1. The largest absolute Gasteiger partial charge is 0.481 e. The second kappa shape index (κ2) is 5.43. The molecule has 0 spiro atoms. The Hall–Kier alpha value is -1.84. The summed E-state index contributed by atoms with van der Waals surface area (Å²) in [5.41, 5.74) is 2.30. The molecule has 0 bridgehead atoms. The molecule has 2 rings (SSSR count). The normalized spacial score (nSPS) is 20.4. The third-order valence-electron chi connectivity index (χ3n) is 3.96. The van der Waals surface area contributed by atoms with Crippen LogP contribution in [0.4, 0.5) is 0 Å². The first-order valence-corrected chi connectivity index (χ1v) is 6.61. The number of aryl methyl sites for hydroxylation is 1. The Morgan fingerprint density at radius 3 is 2.68 bits per heavy atom. The molecule has 1 aliphatic rings. The molecule has 0 fully saturated rings. The van der Waals surface area contributed by atoms with Crippen molar-refractivity contribution < 1.29 is 14.7 Å². The molecule has 0 saturated carbocycles. The molecule has 0 heterocycles. The quantitative estimate of drug-likeness (QED) is 0.870. The van der Waals surface area contributed by atoms with E-state index in [4.69, 9.17) is 5.11 Å². The lowest BCUT2D eigenvalue weighted by atomic mass is 9.98. The number of rotatable bonds is 4. The van der Waals surface area contributed by atoms with Gasteiger partial charge in [-0.25, -0.2) is 0 Å². The molecule has 102 valence electrons. The Labute approximate surface area is 112 Å². The molecule has 2 N–H and O–H groups in total. The van der Waals surface area contributed by atoms with Crippen molar-refractivity contribution in [3.63, 3.8) is 0 Å². The summed E-state index contributed by atoms with van der Waals surface area (Å²) in [5, 5.41) is 11.8. The first kappa shape index (κ1) is 13.6. The van der Waals surface area contributed by atoms with Crippen LogP contribution in [-0.4, -0.2) is 23.0 Å². The van der Waals surface area contributed by atoms with E-state index in [0.717, 1.165) is 18.4 Å². The van der Waals surface area contributed by atoms with Crippen molar-refractivity contribution in [3.05, 3.63) is 35.4 Å². The van der Waals surface area contributed by atoms with E-state index in [9.17, 15) is 9.59 Å². The summed E-state index contributed by atoms with van der Waals surface area (Å²) in [6, 6.07) is 7.59. The Morgan fingerprint density at radius 1 is 1.32 bits per heavy atom. The first-order chi connectivity index (χ1) is 9.00. The summed E-state index contributed by atoms with van der Waals surface area (Å²) in [6.45, 7) is 3.34. The number of carboxylic acids is 1. The fourth-order valence-electron chi connectivity index (χ4n) is 2.49. The van der Waals surface area contributed by atoms with Gasteiger partial charge in [-0.05, 0) is 37.8 Å². The van der Waals surface area contributed by atoms with Crippen LogP contribution in [0.3, 0.4) is 0 Å². The summed E-state index contributed by atoms with van der Waals surface area (Å²) >= 11 is 0. The zero-order valence-corrected chi connectivity index (χ0v) is 11.2. The van der Waals surface area contributed by atoms with Gasteiger partial charge >= 0.3 is 5.97 Å². The highest BCUT2D eigenvalue weighted by Gasteiger charge is 2.30. The Balaban J connectivity index is 2.04. The summed E-state index contributed by atoms with van der Waals surface area (Å²) in [5.74, 6) is -1.68. The summed E-state index contributed by atoms with van der Waals surface area (Å²) in [4.78, 5) is 23.1. The fraction of sp³-hybridized carbons (Fsp3) is 0.467. The van der Waals surface area contributed by atoms with Gasteiger partial charge in [0.1, 0.15) is 0 Å². The lowest BCUT2D eigenvalue weighted by molar-refractivity contribution is -0.142. The maximum absolute atomic E-state index is 12.2. The fourth-order valence-corrected chi connectivity index (χ4v) is 2.49. The van der Waals surface area contributed by atoms with E-state index in [1.807, 2.05) is 24.3 Å². The van der Waals surface area contributed by atoms with Crippen molar-refractivity contribution in [2.75, 3.05) is 0 Å². The number of carboxylic acid groups (broad SMARTS) is 1. The Morgan fingerprint density at radius 2 is 2.00 bits per heavy atom. The van der Waals surface area contributed by atoms with Gasteiger partial charge in [0.15, 0.2) is 0 Å². The predicted molar refractivity (Wildman–Crippen MR) is 71.9 cm³/mol. The maximum Gasteiger partial charge on any atom is 0.308 e. The number of aliphatic carboxylic acids is 1. The predicted octanol–water partition coefficient (Wildman–Crippen LogP) is 1.94. The summed E-state index contributed by atoms with van der Waals surface area (Å²) in [6.07, 6.45) is 1.72. The van der Waals surface area contributed by atoms with Crippen LogP contribution in [0, 0.1) is 5.92 Å². The van der Waals surface area contributed by atoms with Crippen LogP contribution in [0.15, 0.2) is 24.3 Å². The monoisotopic (exact) mass is 261 g/mol. The molecular weight excluding hydrogens is 242 g/mol. The van der Waals surface area contributed by atoms with Gasteiger partial charge in [0.2, 0.25) is 5.91 Å². The van der Waals surface area contributed by atoms with Gasteiger partial charge in [-0.1, -0.05) is 24.3 Å². The van der Waals surface area contributed by atoms with Crippen molar-refractivity contribution in [3.8, 4) is 0 Å². The number of carbonyl (C=O) groups is 2. The van der Waals surface area contributed by atoms with E-state index < -0.39 is 11.9 Å². The number of amides is 1. The highest BCUT2D eigenvalue weighted by molar-refractivity contribution is 5.85. The molecule has 1 amide bonds.